The van der Waals surface area contributed by atoms with E-state index in [4.69, 9.17) is 9.47 Å². The first-order chi connectivity index (χ1) is 10.8. The van der Waals surface area contributed by atoms with Crippen LogP contribution in [-0.2, 0) is 16.1 Å². The van der Waals surface area contributed by atoms with Gasteiger partial charge in [0, 0.05) is 24.8 Å². The van der Waals surface area contributed by atoms with Gasteiger partial charge >= 0.3 is 5.97 Å². The number of hydrogen-bond donors (Lipinski definition) is 1. The SMILES string of the molecule is CCOC(=O)C(=CN(C)C)C(=O)c1cc(Br)c(CO)cc1OC. The fourth-order valence-electron chi connectivity index (χ4n) is 1.88. The van der Waals surface area contributed by atoms with E-state index in [1.54, 1.807) is 32.0 Å². The summed E-state index contributed by atoms with van der Waals surface area (Å²) in [5.41, 5.74) is 0.684. The Bertz CT molecular complexity index is 625. The second-order valence-corrected chi connectivity index (χ2v) is 5.71. The van der Waals surface area contributed by atoms with Gasteiger partial charge in [0.1, 0.15) is 11.3 Å². The molecule has 6 nitrogen and oxygen atoms in total. The molecule has 1 aromatic rings. The first-order valence-electron chi connectivity index (χ1n) is 6.93. The summed E-state index contributed by atoms with van der Waals surface area (Å²) in [6.07, 6.45) is 1.41. The van der Waals surface area contributed by atoms with Gasteiger partial charge in [-0.2, -0.15) is 0 Å². The Labute approximate surface area is 143 Å². The summed E-state index contributed by atoms with van der Waals surface area (Å²) in [6.45, 7) is 1.63. The minimum absolute atomic E-state index is 0.0983. The molecule has 1 aromatic carbocycles. The predicted octanol–water partition coefficient (Wildman–Crippen LogP) is 2.14. The van der Waals surface area contributed by atoms with Gasteiger partial charge in [0.2, 0.25) is 5.78 Å². The van der Waals surface area contributed by atoms with Gasteiger partial charge in [0.15, 0.2) is 0 Å². The monoisotopic (exact) mass is 385 g/mol. The minimum atomic E-state index is -0.699. The van der Waals surface area contributed by atoms with Gasteiger partial charge in [-0.3, -0.25) is 4.79 Å². The van der Waals surface area contributed by atoms with Crippen molar-refractivity contribution in [3.8, 4) is 5.75 Å². The van der Waals surface area contributed by atoms with Crippen LogP contribution in [0.1, 0.15) is 22.8 Å². The maximum Gasteiger partial charge on any atom is 0.343 e. The maximum absolute atomic E-state index is 12.8. The van der Waals surface area contributed by atoms with Crippen LogP contribution in [0.2, 0.25) is 0 Å². The smallest absolute Gasteiger partial charge is 0.343 e. The van der Waals surface area contributed by atoms with Crippen molar-refractivity contribution in [1.82, 2.24) is 4.90 Å². The lowest BCUT2D eigenvalue weighted by Gasteiger charge is -2.14. The highest BCUT2D eigenvalue weighted by atomic mass is 79.9. The molecule has 0 aliphatic carbocycles. The number of esters is 1. The molecule has 0 saturated carbocycles. The molecule has 0 heterocycles. The normalized spacial score (nSPS) is 11.1. The Morgan fingerprint density at radius 2 is 2.00 bits per heavy atom. The summed E-state index contributed by atoms with van der Waals surface area (Å²) in [5.74, 6) is -0.939. The Kier molecular flexibility index (Phi) is 7.25. The zero-order valence-corrected chi connectivity index (χ0v) is 15.1. The van der Waals surface area contributed by atoms with Crippen molar-refractivity contribution in [2.24, 2.45) is 0 Å². The number of hydrogen-bond acceptors (Lipinski definition) is 6. The number of carbonyl (C=O) groups is 2. The Morgan fingerprint density at radius 1 is 1.35 bits per heavy atom. The lowest BCUT2D eigenvalue weighted by molar-refractivity contribution is -0.138. The van der Waals surface area contributed by atoms with Crippen LogP contribution in [0.25, 0.3) is 0 Å². The third-order valence-corrected chi connectivity index (χ3v) is 3.65. The van der Waals surface area contributed by atoms with Gasteiger partial charge in [0.25, 0.3) is 0 Å². The molecule has 0 radical (unpaired) electrons. The van der Waals surface area contributed by atoms with Crippen molar-refractivity contribution in [2.75, 3.05) is 27.8 Å². The molecule has 0 aromatic heterocycles. The molecule has 23 heavy (non-hydrogen) atoms. The minimum Gasteiger partial charge on any atom is -0.496 e. The van der Waals surface area contributed by atoms with Crippen LogP contribution in [0.4, 0.5) is 0 Å². The Morgan fingerprint density at radius 3 is 2.48 bits per heavy atom. The van der Waals surface area contributed by atoms with E-state index in [-0.39, 0.29) is 30.1 Å². The zero-order chi connectivity index (χ0) is 17.6. The summed E-state index contributed by atoms with van der Waals surface area (Å²) < 4.78 is 10.7. The molecule has 0 unspecified atom stereocenters. The molecule has 0 saturated heterocycles. The molecule has 7 heteroatoms. The first kappa shape index (κ1) is 19.2. The van der Waals surface area contributed by atoms with Crippen LogP contribution in [0.5, 0.6) is 5.75 Å². The molecular formula is C16H20BrNO5. The van der Waals surface area contributed by atoms with E-state index in [1.807, 2.05) is 0 Å². The van der Waals surface area contributed by atoms with Gasteiger partial charge in [-0.1, -0.05) is 15.9 Å². The molecule has 0 bridgehead atoms. The topological polar surface area (TPSA) is 76.1 Å². The molecule has 0 atom stereocenters. The molecule has 0 amide bonds. The van der Waals surface area contributed by atoms with Crippen LogP contribution >= 0.6 is 15.9 Å². The zero-order valence-electron chi connectivity index (χ0n) is 13.6. The lowest BCUT2D eigenvalue weighted by Crippen LogP contribution is -2.20. The van der Waals surface area contributed by atoms with E-state index < -0.39 is 11.8 Å². The largest absolute Gasteiger partial charge is 0.496 e. The number of rotatable bonds is 7. The quantitative estimate of drug-likeness (QED) is 0.255. The average Bonchev–Trinajstić information content (AvgIpc) is 2.51. The van der Waals surface area contributed by atoms with E-state index in [0.29, 0.717) is 10.0 Å². The molecule has 0 aliphatic rings. The van der Waals surface area contributed by atoms with Crippen molar-refractivity contribution in [3.05, 3.63) is 39.5 Å². The molecule has 0 aliphatic heterocycles. The van der Waals surface area contributed by atoms with Gasteiger partial charge in [-0.15, -0.1) is 0 Å². The fraction of sp³-hybridized carbons (Fsp3) is 0.375. The van der Waals surface area contributed by atoms with Gasteiger partial charge in [-0.25, -0.2) is 4.79 Å². The Hall–Kier alpha value is -1.86. The number of benzene rings is 1. The van der Waals surface area contributed by atoms with Crippen LogP contribution in [0, 0.1) is 0 Å². The first-order valence-corrected chi connectivity index (χ1v) is 7.72. The van der Waals surface area contributed by atoms with Crippen LogP contribution < -0.4 is 4.74 Å². The van der Waals surface area contributed by atoms with E-state index in [9.17, 15) is 14.7 Å². The van der Waals surface area contributed by atoms with Crippen molar-refractivity contribution in [1.29, 1.82) is 0 Å². The summed E-state index contributed by atoms with van der Waals surface area (Å²) >= 11 is 3.29. The van der Waals surface area contributed by atoms with E-state index in [2.05, 4.69) is 15.9 Å². The predicted molar refractivity (Wildman–Crippen MR) is 89.4 cm³/mol. The summed E-state index contributed by atoms with van der Waals surface area (Å²) in [7, 11) is 4.82. The van der Waals surface area contributed by atoms with Crippen LogP contribution in [0.15, 0.2) is 28.4 Å². The van der Waals surface area contributed by atoms with Crippen molar-refractivity contribution < 1.29 is 24.2 Å². The fourth-order valence-corrected chi connectivity index (χ4v) is 2.35. The third kappa shape index (κ3) is 4.80. The molecular weight excluding hydrogens is 366 g/mol. The highest BCUT2D eigenvalue weighted by Gasteiger charge is 2.25. The number of ether oxygens (including phenoxy) is 2. The number of Topliss-reactive ketones (excluding diaryl/α,β-unsaturated/α-hetero) is 1. The van der Waals surface area contributed by atoms with Crippen molar-refractivity contribution in [3.63, 3.8) is 0 Å². The van der Waals surface area contributed by atoms with Gasteiger partial charge in [-0.05, 0) is 24.6 Å². The molecule has 0 spiro atoms. The highest BCUT2D eigenvalue weighted by Crippen LogP contribution is 2.29. The standard InChI is InChI=1S/C16H20BrNO5/c1-5-23-16(21)12(8-18(2)3)15(20)11-7-13(17)10(9-19)6-14(11)22-4/h6-8,19H,5,9H2,1-4H3. The molecule has 1 N–H and O–H groups in total. The van der Waals surface area contributed by atoms with Gasteiger partial charge < -0.3 is 19.5 Å². The second-order valence-electron chi connectivity index (χ2n) is 4.86. The summed E-state index contributed by atoms with van der Waals surface area (Å²) in [4.78, 5) is 26.4. The van der Waals surface area contributed by atoms with E-state index in [0.717, 1.165) is 0 Å². The number of methoxy groups -OCH3 is 1. The number of ketones is 1. The Balaban J connectivity index is 3.39. The molecule has 0 fully saturated rings. The van der Waals surface area contributed by atoms with Crippen molar-refractivity contribution >= 4 is 27.7 Å². The molecule has 1 rings (SSSR count). The van der Waals surface area contributed by atoms with Crippen LogP contribution in [0.3, 0.4) is 0 Å². The number of aliphatic hydroxyl groups excluding tert-OH is 1. The number of nitrogens with zero attached hydrogens (tertiary/aromatic N) is 1. The maximum atomic E-state index is 12.8. The average molecular weight is 386 g/mol. The van der Waals surface area contributed by atoms with E-state index >= 15 is 0 Å². The van der Waals surface area contributed by atoms with Crippen LogP contribution in [-0.4, -0.2) is 49.6 Å². The second kappa shape index (κ2) is 8.69. The molecule has 126 valence electrons. The number of aliphatic hydroxyl groups is 1. The van der Waals surface area contributed by atoms with Gasteiger partial charge in [0.05, 0.1) is 25.9 Å². The third-order valence-electron chi connectivity index (χ3n) is 2.91. The summed E-state index contributed by atoms with van der Waals surface area (Å²) in [6, 6.07) is 3.07. The van der Waals surface area contributed by atoms with Crippen molar-refractivity contribution in [2.45, 2.75) is 13.5 Å². The summed E-state index contributed by atoms with van der Waals surface area (Å²) in [5, 5.41) is 9.29. The number of halogens is 1. The lowest BCUT2D eigenvalue weighted by atomic mass is 10.0. The van der Waals surface area contributed by atoms with E-state index in [1.165, 1.54) is 19.4 Å². The number of carbonyl (C=O) groups excluding carboxylic acids is 2. The highest BCUT2D eigenvalue weighted by molar-refractivity contribution is 9.10.